The molecule has 5 heteroatoms. The van der Waals surface area contributed by atoms with Crippen molar-refractivity contribution in [2.45, 2.75) is 33.9 Å². The van der Waals surface area contributed by atoms with Crippen LogP contribution in [0.4, 0.5) is 0 Å². The van der Waals surface area contributed by atoms with Crippen molar-refractivity contribution in [3.05, 3.63) is 42.2 Å². The number of hydrogen-bond donors (Lipinski definition) is 1. The van der Waals surface area contributed by atoms with E-state index in [-0.39, 0.29) is 0 Å². The third-order valence-electron chi connectivity index (χ3n) is 3.08. The summed E-state index contributed by atoms with van der Waals surface area (Å²) in [6.45, 7) is 9.50. The van der Waals surface area contributed by atoms with E-state index in [1.54, 1.807) is 12.5 Å². The van der Waals surface area contributed by atoms with Crippen molar-refractivity contribution >= 4 is 0 Å². The average molecular weight is 288 g/mol. The van der Waals surface area contributed by atoms with Crippen molar-refractivity contribution in [3.8, 4) is 5.75 Å². The third-order valence-corrected chi connectivity index (χ3v) is 3.08. The number of rotatable bonds is 8. The molecule has 2 aromatic rings. The molecule has 0 aliphatic heterocycles. The summed E-state index contributed by atoms with van der Waals surface area (Å²) >= 11 is 0. The van der Waals surface area contributed by atoms with Crippen molar-refractivity contribution in [1.29, 1.82) is 0 Å². The van der Waals surface area contributed by atoms with Crippen LogP contribution in [0.3, 0.4) is 0 Å². The lowest BCUT2D eigenvalue weighted by Crippen LogP contribution is -2.20. The Morgan fingerprint density at radius 2 is 2.19 bits per heavy atom. The number of imidazole rings is 1. The van der Waals surface area contributed by atoms with E-state index < -0.39 is 0 Å². The predicted octanol–water partition coefficient (Wildman–Crippen LogP) is 2.41. The molecule has 1 N–H and O–H groups in total. The van der Waals surface area contributed by atoms with Crippen molar-refractivity contribution in [2.75, 3.05) is 13.2 Å². The summed E-state index contributed by atoms with van der Waals surface area (Å²) in [5, 5.41) is 3.42. The fraction of sp³-hybridized carbons (Fsp3) is 0.500. The van der Waals surface area contributed by atoms with Gasteiger partial charge in [0.1, 0.15) is 12.4 Å². The maximum absolute atomic E-state index is 5.87. The zero-order valence-electron chi connectivity index (χ0n) is 13.0. The van der Waals surface area contributed by atoms with Gasteiger partial charge >= 0.3 is 0 Å². The molecular weight excluding hydrogens is 264 g/mol. The highest BCUT2D eigenvalue weighted by Gasteiger charge is 2.06. The van der Waals surface area contributed by atoms with Crippen LogP contribution in [0, 0.1) is 12.8 Å². The molecule has 0 unspecified atom stereocenters. The minimum atomic E-state index is 0.609. The summed E-state index contributed by atoms with van der Waals surface area (Å²) in [5.74, 6) is 1.48. The zero-order chi connectivity index (χ0) is 15.1. The van der Waals surface area contributed by atoms with E-state index in [4.69, 9.17) is 4.74 Å². The molecule has 0 radical (unpaired) electrons. The van der Waals surface area contributed by atoms with Gasteiger partial charge in [0.05, 0.1) is 18.6 Å². The van der Waals surface area contributed by atoms with E-state index in [0.29, 0.717) is 12.5 Å². The number of nitrogens with zero attached hydrogens (tertiary/aromatic N) is 3. The van der Waals surface area contributed by atoms with E-state index in [0.717, 1.165) is 36.8 Å². The monoisotopic (exact) mass is 288 g/mol. The molecule has 0 aromatic carbocycles. The summed E-state index contributed by atoms with van der Waals surface area (Å²) in [6, 6.07) is 3.99. The molecule has 2 rings (SSSR count). The molecule has 0 aliphatic carbocycles. The first-order chi connectivity index (χ1) is 10.1. The fourth-order valence-corrected chi connectivity index (χ4v) is 2.02. The van der Waals surface area contributed by atoms with Gasteiger partial charge in [-0.15, -0.1) is 0 Å². The quantitative estimate of drug-likeness (QED) is 0.810. The van der Waals surface area contributed by atoms with Crippen molar-refractivity contribution in [3.63, 3.8) is 0 Å². The Kier molecular flexibility index (Phi) is 5.75. The van der Waals surface area contributed by atoms with Gasteiger partial charge in [-0.05, 0) is 31.5 Å². The van der Waals surface area contributed by atoms with Gasteiger partial charge in [0.2, 0.25) is 0 Å². The second kappa shape index (κ2) is 7.78. The number of ether oxygens (including phenoxy) is 1. The number of aromatic nitrogens is 3. The molecule has 2 heterocycles. The van der Waals surface area contributed by atoms with Crippen molar-refractivity contribution in [2.24, 2.45) is 5.92 Å². The Balaban J connectivity index is 1.90. The van der Waals surface area contributed by atoms with E-state index in [1.165, 1.54) is 0 Å². The highest BCUT2D eigenvalue weighted by molar-refractivity contribution is 5.29. The van der Waals surface area contributed by atoms with Gasteiger partial charge in [-0.25, -0.2) is 4.98 Å². The Morgan fingerprint density at radius 1 is 1.33 bits per heavy atom. The van der Waals surface area contributed by atoms with Crippen LogP contribution in [-0.2, 0) is 13.1 Å². The molecular formula is C16H24N4O. The highest BCUT2D eigenvalue weighted by Crippen LogP contribution is 2.17. The van der Waals surface area contributed by atoms with Gasteiger partial charge in [-0.3, -0.25) is 4.98 Å². The largest absolute Gasteiger partial charge is 0.490 e. The van der Waals surface area contributed by atoms with Crippen LogP contribution in [0.1, 0.15) is 25.2 Å². The van der Waals surface area contributed by atoms with Crippen LogP contribution in [0.15, 0.2) is 30.9 Å². The normalized spacial score (nSPS) is 11.0. The van der Waals surface area contributed by atoms with E-state index in [1.807, 2.05) is 29.8 Å². The van der Waals surface area contributed by atoms with Crippen LogP contribution in [0.25, 0.3) is 0 Å². The molecule has 0 spiro atoms. The second-order valence-electron chi connectivity index (χ2n) is 5.57. The van der Waals surface area contributed by atoms with Crippen LogP contribution >= 0.6 is 0 Å². The van der Waals surface area contributed by atoms with Gasteiger partial charge in [0.25, 0.3) is 0 Å². The maximum Gasteiger partial charge on any atom is 0.142 e. The molecule has 114 valence electrons. The minimum Gasteiger partial charge on any atom is -0.490 e. The molecule has 0 fully saturated rings. The van der Waals surface area contributed by atoms with E-state index >= 15 is 0 Å². The first kappa shape index (κ1) is 15.5. The Morgan fingerprint density at radius 3 is 2.90 bits per heavy atom. The number of hydrogen-bond acceptors (Lipinski definition) is 4. The third kappa shape index (κ3) is 5.19. The predicted molar refractivity (Wildman–Crippen MR) is 83.2 cm³/mol. The van der Waals surface area contributed by atoms with Crippen LogP contribution in [0.5, 0.6) is 5.75 Å². The summed E-state index contributed by atoms with van der Waals surface area (Å²) < 4.78 is 7.87. The summed E-state index contributed by atoms with van der Waals surface area (Å²) in [6.07, 6.45) is 5.50. The molecule has 5 nitrogen and oxygen atoms in total. The zero-order valence-corrected chi connectivity index (χ0v) is 13.0. The van der Waals surface area contributed by atoms with Crippen LogP contribution in [-0.4, -0.2) is 27.7 Å². The Bertz CT molecular complexity index is 537. The van der Waals surface area contributed by atoms with Crippen LogP contribution in [0.2, 0.25) is 0 Å². The Hall–Kier alpha value is -1.88. The number of aryl methyl sites for hydroxylation is 1. The smallest absolute Gasteiger partial charge is 0.142 e. The SMILES string of the molecule is Cc1ccc(OCCn2ccnc2)c(CNCC(C)C)n1. The lowest BCUT2D eigenvalue weighted by atomic mass is 10.2. The number of nitrogens with one attached hydrogen (secondary N) is 1. The molecule has 0 amide bonds. The molecule has 0 saturated carbocycles. The molecule has 0 aliphatic rings. The van der Waals surface area contributed by atoms with Crippen molar-refractivity contribution in [1.82, 2.24) is 19.9 Å². The number of pyridine rings is 1. The molecule has 21 heavy (non-hydrogen) atoms. The lowest BCUT2D eigenvalue weighted by Gasteiger charge is -2.13. The lowest BCUT2D eigenvalue weighted by molar-refractivity contribution is 0.292. The standard InChI is InChI=1S/C16H24N4O/c1-13(2)10-18-11-15-16(5-4-14(3)19-15)21-9-8-20-7-6-17-12-20/h4-7,12-13,18H,8-11H2,1-3H3. The molecule has 0 bridgehead atoms. The van der Waals surface area contributed by atoms with Crippen molar-refractivity contribution < 1.29 is 4.74 Å². The van der Waals surface area contributed by atoms with Gasteiger partial charge in [-0.2, -0.15) is 0 Å². The summed E-state index contributed by atoms with van der Waals surface area (Å²) in [7, 11) is 0. The molecule has 0 saturated heterocycles. The first-order valence-corrected chi connectivity index (χ1v) is 7.41. The fourth-order valence-electron chi connectivity index (χ4n) is 2.02. The highest BCUT2D eigenvalue weighted by atomic mass is 16.5. The molecule has 0 atom stereocenters. The Labute approximate surface area is 126 Å². The summed E-state index contributed by atoms with van der Waals surface area (Å²) in [4.78, 5) is 8.60. The van der Waals surface area contributed by atoms with Gasteiger partial charge in [0, 0.05) is 24.6 Å². The summed E-state index contributed by atoms with van der Waals surface area (Å²) in [5.41, 5.74) is 1.99. The molecule has 2 aromatic heterocycles. The maximum atomic E-state index is 5.87. The minimum absolute atomic E-state index is 0.609. The van der Waals surface area contributed by atoms with Gasteiger partial charge in [-0.1, -0.05) is 13.8 Å². The van der Waals surface area contributed by atoms with E-state index in [2.05, 4.69) is 29.1 Å². The topological polar surface area (TPSA) is 52.0 Å². The van der Waals surface area contributed by atoms with E-state index in [9.17, 15) is 0 Å². The van der Waals surface area contributed by atoms with Gasteiger partial charge < -0.3 is 14.6 Å². The first-order valence-electron chi connectivity index (χ1n) is 7.41. The second-order valence-corrected chi connectivity index (χ2v) is 5.57. The van der Waals surface area contributed by atoms with Gasteiger partial charge in [0.15, 0.2) is 0 Å². The van der Waals surface area contributed by atoms with Crippen LogP contribution < -0.4 is 10.1 Å². The average Bonchev–Trinajstić information content (AvgIpc) is 2.94.